The SMILES string of the molecule is CCn1ncc(NC(=O)c2ccc(COc3ccccc3OC)o2)c1C(=O)N(C)C. The number of hydrogen-bond donors (Lipinski definition) is 1. The number of carbonyl (C=O) groups excluding carboxylic acids is 2. The highest BCUT2D eigenvalue weighted by atomic mass is 16.5. The van der Waals surface area contributed by atoms with Gasteiger partial charge in [-0.1, -0.05) is 12.1 Å². The maximum atomic E-state index is 12.6. The van der Waals surface area contributed by atoms with Gasteiger partial charge in [0.2, 0.25) is 0 Å². The van der Waals surface area contributed by atoms with Gasteiger partial charge in [-0.2, -0.15) is 5.10 Å². The van der Waals surface area contributed by atoms with Crippen molar-refractivity contribution in [2.24, 2.45) is 0 Å². The lowest BCUT2D eigenvalue weighted by Crippen LogP contribution is -2.26. The van der Waals surface area contributed by atoms with Gasteiger partial charge < -0.3 is 24.1 Å². The summed E-state index contributed by atoms with van der Waals surface area (Å²) in [5.74, 6) is 1.01. The number of aryl methyl sites for hydroxylation is 1. The van der Waals surface area contributed by atoms with E-state index in [-0.39, 0.29) is 18.3 Å². The fraction of sp³-hybridized carbons (Fsp3) is 0.286. The molecule has 0 unspecified atom stereocenters. The molecule has 3 aromatic rings. The fourth-order valence-corrected chi connectivity index (χ4v) is 2.80. The molecule has 9 heteroatoms. The third-order valence-corrected chi connectivity index (χ3v) is 4.32. The Labute approximate surface area is 174 Å². The zero-order chi connectivity index (χ0) is 21.7. The molecule has 1 N–H and O–H groups in total. The molecule has 0 radical (unpaired) electrons. The highest BCUT2D eigenvalue weighted by Crippen LogP contribution is 2.27. The molecule has 30 heavy (non-hydrogen) atoms. The molecule has 0 aliphatic rings. The summed E-state index contributed by atoms with van der Waals surface area (Å²) in [7, 11) is 4.84. The number of methoxy groups -OCH3 is 1. The number of furan rings is 1. The number of amides is 2. The summed E-state index contributed by atoms with van der Waals surface area (Å²) in [4.78, 5) is 26.5. The average molecular weight is 412 g/mol. The van der Waals surface area contributed by atoms with Crippen molar-refractivity contribution in [2.75, 3.05) is 26.5 Å². The predicted octanol–water partition coefficient (Wildman–Crippen LogP) is 3.04. The Morgan fingerprint density at radius 2 is 1.90 bits per heavy atom. The minimum absolute atomic E-state index is 0.0983. The number of nitrogens with one attached hydrogen (secondary N) is 1. The second-order valence-corrected chi connectivity index (χ2v) is 6.58. The summed E-state index contributed by atoms with van der Waals surface area (Å²) in [6.45, 7) is 2.49. The van der Waals surface area contributed by atoms with E-state index in [0.29, 0.717) is 35.2 Å². The number of nitrogens with zero attached hydrogens (tertiary/aromatic N) is 3. The number of para-hydroxylation sites is 2. The number of rotatable bonds is 8. The molecule has 2 aromatic heterocycles. The Hall–Kier alpha value is -3.75. The molecule has 9 nitrogen and oxygen atoms in total. The molecular weight excluding hydrogens is 388 g/mol. The van der Waals surface area contributed by atoms with Gasteiger partial charge in [0, 0.05) is 20.6 Å². The van der Waals surface area contributed by atoms with E-state index in [1.54, 1.807) is 45.5 Å². The van der Waals surface area contributed by atoms with Crippen LogP contribution in [0.1, 0.15) is 33.7 Å². The van der Waals surface area contributed by atoms with Gasteiger partial charge >= 0.3 is 0 Å². The van der Waals surface area contributed by atoms with Crippen LogP contribution in [0, 0.1) is 0 Å². The van der Waals surface area contributed by atoms with Crippen LogP contribution in [0.4, 0.5) is 5.69 Å². The topological polar surface area (TPSA) is 98.8 Å². The number of hydrogen-bond acceptors (Lipinski definition) is 6. The molecule has 2 heterocycles. The van der Waals surface area contributed by atoms with Crippen molar-refractivity contribution in [3.63, 3.8) is 0 Å². The lowest BCUT2D eigenvalue weighted by Gasteiger charge is -2.13. The first-order valence-corrected chi connectivity index (χ1v) is 9.38. The van der Waals surface area contributed by atoms with E-state index >= 15 is 0 Å². The van der Waals surface area contributed by atoms with Crippen molar-refractivity contribution in [2.45, 2.75) is 20.1 Å². The molecule has 3 rings (SSSR count). The van der Waals surface area contributed by atoms with E-state index in [4.69, 9.17) is 13.9 Å². The molecule has 1 aromatic carbocycles. The van der Waals surface area contributed by atoms with E-state index < -0.39 is 5.91 Å². The van der Waals surface area contributed by atoms with Gasteiger partial charge in [0.05, 0.1) is 19.0 Å². The van der Waals surface area contributed by atoms with Crippen LogP contribution in [0.2, 0.25) is 0 Å². The normalized spacial score (nSPS) is 10.5. The Morgan fingerprint density at radius 1 is 1.17 bits per heavy atom. The monoisotopic (exact) mass is 412 g/mol. The van der Waals surface area contributed by atoms with Crippen molar-refractivity contribution >= 4 is 17.5 Å². The first kappa shape index (κ1) is 21.0. The van der Waals surface area contributed by atoms with E-state index in [1.165, 1.54) is 15.8 Å². The molecule has 0 aliphatic heterocycles. The van der Waals surface area contributed by atoms with Crippen molar-refractivity contribution in [1.29, 1.82) is 0 Å². The average Bonchev–Trinajstić information content (AvgIpc) is 3.38. The molecule has 158 valence electrons. The van der Waals surface area contributed by atoms with Crippen LogP contribution in [0.5, 0.6) is 11.5 Å². The van der Waals surface area contributed by atoms with Gasteiger partial charge in [-0.05, 0) is 31.2 Å². The molecule has 0 saturated heterocycles. The molecule has 0 bridgehead atoms. The van der Waals surface area contributed by atoms with Crippen LogP contribution >= 0.6 is 0 Å². The summed E-state index contributed by atoms with van der Waals surface area (Å²) < 4.78 is 18.1. The number of carbonyl (C=O) groups is 2. The second-order valence-electron chi connectivity index (χ2n) is 6.58. The van der Waals surface area contributed by atoms with E-state index in [9.17, 15) is 9.59 Å². The lowest BCUT2D eigenvalue weighted by molar-refractivity contribution is 0.0816. The fourth-order valence-electron chi connectivity index (χ4n) is 2.80. The molecule has 2 amide bonds. The number of benzene rings is 1. The first-order valence-electron chi connectivity index (χ1n) is 9.38. The quantitative estimate of drug-likeness (QED) is 0.611. The molecule has 0 aliphatic carbocycles. The number of anilines is 1. The zero-order valence-electron chi connectivity index (χ0n) is 17.3. The zero-order valence-corrected chi connectivity index (χ0v) is 17.3. The summed E-state index contributed by atoms with van der Waals surface area (Å²) in [5.41, 5.74) is 0.630. The maximum Gasteiger partial charge on any atom is 0.291 e. The third-order valence-electron chi connectivity index (χ3n) is 4.32. The van der Waals surface area contributed by atoms with Crippen LogP contribution in [0.25, 0.3) is 0 Å². The van der Waals surface area contributed by atoms with Crippen LogP contribution in [-0.4, -0.2) is 47.7 Å². The van der Waals surface area contributed by atoms with Gasteiger partial charge in [0.1, 0.15) is 18.1 Å². The van der Waals surface area contributed by atoms with Gasteiger partial charge in [0.15, 0.2) is 17.3 Å². The second kappa shape index (κ2) is 9.17. The van der Waals surface area contributed by atoms with E-state index in [2.05, 4.69) is 10.4 Å². The number of aromatic nitrogens is 2. The predicted molar refractivity (Wildman–Crippen MR) is 110 cm³/mol. The van der Waals surface area contributed by atoms with Gasteiger partial charge in [-0.15, -0.1) is 0 Å². The van der Waals surface area contributed by atoms with Crippen LogP contribution < -0.4 is 14.8 Å². The largest absolute Gasteiger partial charge is 0.493 e. The minimum Gasteiger partial charge on any atom is -0.493 e. The van der Waals surface area contributed by atoms with E-state index in [1.807, 2.05) is 19.1 Å². The summed E-state index contributed by atoms with van der Waals surface area (Å²) in [6.07, 6.45) is 1.45. The Kier molecular flexibility index (Phi) is 6.41. The Balaban J connectivity index is 1.70. The maximum absolute atomic E-state index is 12.6. The lowest BCUT2D eigenvalue weighted by atomic mass is 10.3. The first-order chi connectivity index (χ1) is 14.4. The van der Waals surface area contributed by atoms with Crippen molar-refractivity contribution in [1.82, 2.24) is 14.7 Å². The summed E-state index contributed by atoms with van der Waals surface area (Å²) in [6, 6.07) is 10.5. The minimum atomic E-state index is -0.484. The molecule has 0 spiro atoms. The van der Waals surface area contributed by atoms with Crippen molar-refractivity contribution < 1.29 is 23.5 Å². The molecule has 0 fully saturated rings. The van der Waals surface area contributed by atoms with Gasteiger partial charge in [0.25, 0.3) is 11.8 Å². The Bertz CT molecular complexity index is 1040. The third kappa shape index (κ3) is 4.45. The summed E-state index contributed by atoms with van der Waals surface area (Å²) in [5, 5.41) is 6.86. The van der Waals surface area contributed by atoms with Crippen LogP contribution in [0.3, 0.4) is 0 Å². The van der Waals surface area contributed by atoms with Gasteiger partial charge in [-0.25, -0.2) is 0 Å². The smallest absolute Gasteiger partial charge is 0.291 e. The highest BCUT2D eigenvalue weighted by Gasteiger charge is 2.22. The molecule has 0 atom stereocenters. The molecule has 0 saturated carbocycles. The standard InChI is InChI=1S/C21H24N4O5/c1-5-25-19(21(27)24(2)3)15(12-22-25)23-20(26)18-11-10-14(30-18)13-29-17-9-7-6-8-16(17)28-4/h6-12H,5,13H2,1-4H3,(H,23,26). The number of ether oxygens (including phenoxy) is 2. The van der Waals surface area contributed by atoms with E-state index in [0.717, 1.165) is 0 Å². The van der Waals surface area contributed by atoms with Crippen LogP contribution in [0.15, 0.2) is 47.0 Å². The van der Waals surface area contributed by atoms with Crippen molar-refractivity contribution in [3.05, 3.63) is 59.8 Å². The highest BCUT2D eigenvalue weighted by molar-refractivity contribution is 6.07. The summed E-state index contributed by atoms with van der Waals surface area (Å²) >= 11 is 0. The van der Waals surface area contributed by atoms with Crippen molar-refractivity contribution in [3.8, 4) is 11.5 Å². The Morgan fingerprint density at radius 3 is 2.57 bits per heavy atom. The molecular formula is C21H24N4O5. The van der Waals surface area contributed by atoms with Gasteiger partial charge in [-0.3, -0.25) is 14.3 Å². The van der Waals surface area contributed by atoms with Crippen LogP contribution in [-0.2, 0) is 13.2 Å².